The first-order valence-electron chi connectivity index (χ1n) is 5.89. The van der Waals surface area contributed by atoms with E-state index in [1.54, 1.807) is 19.9 Å². The SMILES string of the molecule is C=CCB1O[C@@H](C(=O)OCC)[C@H](C(=O)OCC)O1. The molecule has 100 valence electrons. The molecular formula is C11H17BO6. The second kappa shape index (κ2) is 7.18. The van der Waals surface area contributed by atoms with E-state index in [4.69, 9.17) is 18.8 Å². The summed E-state index contributed by atoms with van der Waals surface area (Å²) < 4.78 is 20.3. The molecule has 1 fully saturated rings. The molecule has 0 radical (unpaired) electrons. The summed E-state index contributed by atoms with van der Waals surface area (Å²) in [5.74, 6) is -1.25. The summed E-state index contributed by atoms with van der Waals surface area (Å²) >= 11 is 0. The zero-order valence-corrected chi connectivity index (χ0v) is 10.6. The van der Waals surface area contributed by atoms with Crippen molar-refractivity contribution < 1.29 is 28.4 Å². The van der Waals surface area contributed by atoms with Crippen LogP contribution in [0.3, 0.4) is 0 Å². The summed E-state index contributed by atoms with van der Waals surface area (Å²) in [5.41, 5.74) is 0. The third-order valence-corrected chi connectivity index (χ3v) is 2.27. The van der Waals surface area contributed by atoms with Crippen molar-refractivity contribution in [1.82, 2.24) is 0 Å². The second-order valence-electron chi connectivity index (χ2n) is 3.57. The van der Waals surface area contributed by atoms with Crippen LogP contribution in [0.5, 0.6) is 0 Å². The van der Waals surface area contributed by atoms with Gasteiger partial charge in [-0.05, 0) is 13.8 Å². The lowest BCUT2D eigenvalue weighted by molar-refractivity contribution is -0.163. The Balaban J connectivity index is 2.72. The highest BCUT2D eigenvalue weighted by Crippen LogP contribution is 2.21. The summed E-state index contributed by atoms with van der Waals surface area (Å²) in [7, 11) is -0.675. The highest BCUT2D eigenvalue weighted by molar-refractivity contribution is 6.46. The molecule has 18 heavy (non-hydrogen) atoms. The summed E-state index contributed by atoms with van der Waals surface area (Å²) in [6.07, 6.45) is -0.186. The van der Waals surface area contributed by atoms with Gasteiger partial charge in [0.2, 0.25) is 0 Å². The molecule has 0 saturated carbocycles. The standard InChI is InChI=1S/C11H17BO6/c1-4-7-12-17-8(10(13)15-5-2)9(18-12)11(14)16-6-3/h4,8-9H,1,5-7H2,2-3H3/t8-,9-/m1/s1. The van der Waals surface area contributed by atoms with Gasteiger partial charge in [0.25, 0.3) is 0 Å². The highest BCUT2D eigenvalue weighted by Gasteiger charge is 2.48. The van der Waals surface area contributed by atoms with E-state index in [1.807, 2.05) is 0 Å². The van der Waals surface area contributed by atoms with Gasteiger partial charge in [-0.3, -0.25) is 0 Å². The number of allylic oxidation sites excluding steroid dienone is 1. The Labute approximate surface area is 106 Å². The van der Waals surface area contributed by atoms with Gasteiger partial charge in [-0.25, -0.2) is 9.59 Å². The van der Waals surface area contributed by atoms with Crippen LogP contribution in [0.15, 0.2) is 12.7 Å². The van der Waals surface area contributed by atoms with Crippen molar-refractivity contribution in [1.29, 1.82) is 0 Å². The topological polar surface area (TPSA) is 71.1 Å². The first-order valence-corrected chi connectivity index (χ1v) is 5.89. The van der Waals surface area contributed by atoms with E-state index in [-0.39, 0.29) is 13.2 Å². The molecule has 0 spiro atoms. The minimum atomic E-state index is -1.08. The monoisotopic (exact) mass is 256 g/mol. The van der Waals surface area contributed by atoms with Crippen LogP contribution in [0.1, 0.15) is 13.8 Å². The van der Waals surface area contributed by atoms with Crippen molar-refractivity contribution in [3.05, 3.63) is 12.7 Å². The minimum absolute atomic E-state index is 0.209. The highest BCUT2D eigenvalue weighted by atomic mass is 16.7. The van der Waals surface area contributed by atoms with Crippen LogP contribution in [0.2, 0.25) is 6.32 Å². The van der Waals surface area contributed by atoms with E-state index in [1.165, 1.54) is 0 Å². The molecule has 0 bridgehead atoms. The smallest absolute Gasteiger partial charge is 0.462 e. The number of rotatable bonds is 6. The molecule has 0 aromatic carbocycles. The van der Waals surface area contributed by atoms with Crippen LogP contribution in [0.4, 0.5) is 0 Å². The third kappa shape index (κ3) is 3.58. The van der Waals surface area contributed by atoms with Gasteiger partial charge in [-0.1, -0.05) is 6.08 Å². The van der Waals surface area contributed by atoms with Crippen molar-refractivity contribution >= 4 is 19.1 Å². The van der Waals surface area contributed by atoms with Crippen molar-refractivity contribution in [2.24, 2.45) is 0 Å². The summed E-state index contributed by atoms with van der Waals surface area (Å²) in [6.45, 7) is 7.31. The molecule has 0 aromatic rings. The van der Waals surface area contributed by atoms with Gasteiger partial charge < -0.3 is 18.8 Å². The maximum Gasteiger partial charge on any atom is 0.462 e. The summed E-state index contributed by atoms with van der Waals surface area (Å²) in [6, 6.07) is 0. The molecule has 0 N–H and O–H groups in total. The van der Waals surface area contributed by atoms with Crippen molar-refractivity contribution in [2.75, 3.05) is 13.2 Å². The normalized spacial score (nSPS) is 22.7. The molecule has 1 saturated heterocycles. The first-order chi connectivity index (χ1) is 8.63. The van der Waals surface area contributed by atoms with E-state index in [9.17, 15) is 9.59 Å². The number of carbonyl (C=O) groups is 2. The maximum absolute atomic E-state index is 11.7. The van der Waals surface area contributed by atoms with Crippen LogP contribution in [0.25, 0.3) is 0 Å². The Hall–Kier alpha value is -1.34. The molecule has 0 aromatic heterocycles. The van der Waals surface area contributed by atoms with Gasteiger partial charge in [0, 0.05) is 6.32 Å². The molecule has 1 aliphatic heterocycles. The van der Waals surface area contributed by atoms with E-state index < -0.39 is 31.3 Å². The Morgan fingerprint density at radius 3 is 1.94 bits per heavy atom. The Kier molecular flexibility index (Phi) is 5.87. The molecular weight excluding hydrogens is 239 g/mol. The lowest BCUT2D eigenvalue weighted by atomic mass is 9.85. The molecule has 0 amide bonds. The van der Waals surface area contributed by atoms with Crippen LogP contribution in [-0.2, 0) is 28.4 Å². The summed E-state index contributed by atoms with van der Waals surface area (Å²) in [5, 5.41) is 0. The van der Waals surface area contributed by atoms with Gasteiger partial charge in [-0.2, -0.15) is 0 Å². The van der Waals surface area contributed by atoms with Crippen LogP contribution >= 0.6 is 0 Å². The number of ether oxygens (including phenoxy) is 2. The Morgan fingerprint density at radius 1 is 1.17 bits per heavy atom. The van der Waals surface area contributed by atoms with Crippen LogP contribution in [-0.4, -0.2) is 44.5 Å². The largest absolute Gasteiger partial charge is 0.464 e. The summed E-state index contributed by atoms with van der Waals surface area (Å²) in [4.78, 5) is 23.3. The fourth-order valence-electron chi connectivity index (χ4n) is 1.56. The average molecular weight is 256 g/mol. The van der Waals surface area contributed by atoms with Crippen molar-refractivity contribution in [2.45, 2.75) is 32.4 Å². The number of hydrogen-bond donors (Lipinski definition) is 0. The van der Waals surface area contributed by atoms with Crippen molar-refractivity contribution in [3.63, 3.8) is 0 Å². The molecule has 0 aliphatic carbocycles. The van der Waals surface area contributed by atoms with Gasteiger partial charge in [-0.15, -0.1) is 6.58 Å². The molecule has 1 heterocycles. The molecule has 0 unspecified atom stereocenters. The van der Waals surface area contributed by atoms with E-state index in [0.717, 1.165) is 0 Å². The molecule has 6 nitrogen and oxygen atoms in total. The van der Waals surface area contributed by atoms with E-state index in [0.29, 0.717) is 6.32 Å². The molecule has 1 rings (SSSR count). The average Bonchev–Trinajstić information content (AvgIpc) is 2.74. The van der Waals surface area contributed by atoms with E-state index >= 15 is 0 Å². The Bertz CT molecular complexity index is 293. The van der Waals surface area contributed by atoms with Crippen LogP contribution in [0, 0.1) is 0 Å². The van der Waals surface area contributed by atoms with Gasteiger partial charge in [0.1, 0.15) is 0 Å². The zero-order valence-electron chi connectivity index (χ0n) is 10.6. The minimum Gasteiger partial charge on any atom is -0.464 e. The predicted octanol–water partition coefficient (Wildman–Crippen LogP) is 0.571. The second-order valence-corrected chi connectivity index (χ2v) is 3.57. The molecule has 2 atom stereocenters. The van der Waals surface area contributed by atoms with Crippen molar-refractivity contribution in [3.8, 4) is 0 Å². The Morgan fingerprint density at radius 2 is 1.61 bits per heavy atom. The number of hydrogen-bond acceptors (Lipinski definition) is 6. The lowest BCUT2D eigenvalue weighted by Crippen LogP contribution is -2.39. The predicted molar refractivity (Wildman–Crippen MR) is 63.8 cm³/mol. The fraction of sp³-hybridized carbons (Fsp3) is 0.636. The van der Waals surface area contributed by atoms with Gasteiger partial charge in [0.15, 0.2) is 12.2 Å². The first kappa shape index (κ1) is 14.7. The van der Waals surface area contributed by atoms with Crippen LogP contribution < -0.4 is 0 Å². The third-order valence-electron chi connectivity index (χ3n) is 2.27. The number of carbonyl (C=O) groups excluding carboxylic acids is 2. The maximum atomic E-state index is 11.7. The van der Waals surface area contributed by atoms with Gasteiger partial charge >= 0.3 is 19.1 Å². The van der Waals surface area contributed by atoms with E-state index in [2.05, 4.69) is 6.58 Å². The lowest BCUT2D eigenvalue weighted by Gasteiger charge is -2.15. The fourth-order valence-corrected chi connectivity index (χ4v) is 1.56. The molecule has 7 heteroatoms. The zero-order chi connectivity index (χ0) is 13.5. The van der Waals surface area contributed by atoms with Gasteiger partial charge in [0.05, 0.1) is 13.2 Å². The quantitative estimate of drug-likeness (QED) is 0.393. The molecule has 1 aliphatic rings. The number of esters is 2.